The average molecular weight is 405 g/mol. The molecule has 0 bridgehead atoms. The van der Waals surface area contributed by atoms with Gasteiger partial charge in [0.25, 0.3) is 11.8 Å². The number of halogens is 3. The summed E-state index contributed by atoms with van der Waals surface area (Å²) in [4.78, 5) is 25.1. The summed E-state index contributed by atoms with van der Waals surface area (Å²) in [5.41, 5.74) is -0.437. The van der Waals surface area contributed by atoms with Crippen LogP contribution >= 0.6 is 0 Å². The summed E-state index contributed by atoms with van der Waals surface area (Å²) >= 11 is 0. The van der Waals surface area contributed by atoms with Crippen LogP contribution in [0.4, 0.5) is 24.5 Å². The standard InChI is InChI=1S/C20H19F3N4O2/c1-13(19(29)25-15-7-5-6-14(10-15)11-24)27(2)12-18(28)26-17-9-4-3-8-16(17)20(21,22)23/h3-10,13H,12H2,1-2H3,(H,25,29)(H,26,28)/p+1/t13-/m1/s1. The molecule has 3 N–H and O–H groups in total. The molecule has 6 nitrogen and oxygen atoms in total. The van der Waals surface area contributed by atoms with Gasteiger partial charge in [-0.05, 0) is 37.3 Å². The quantitative estimate of drug-likeness (QED) is 0.688. The maximum absolute atomic E-state index is 13.0. The number of nitrogens with zero attached hydrogens (tertiary/aromatic N) is 1. The molecule has 0 saturated heterocycles. The number of benzene rings is 2. The van der Waals surface area contributed by atoms with E-state index in [2.05, 4.69) is 10.6 Å². The zero-order chi connectivity index (χ0) is 21.6. The minimum atomic E-state index is -4.59. The smallest absolute Gasteiger partial charge is 0.321 e. The van der Waals surface area contributed by atoms with E-state index in [0.29, 0.717) is 16.2 Å². The normalized spacial score (nSPS) is 13.1. The molecular formula is C20H20F3N4O2+. The van der Waals surface area contributed by atoms with Gasteiger partial charge in [-0.25, -0.2) is 0 Å². The summed E-state index contributed by atoms with van der Waals surface area (Å²) in [6.07, 6.45) is -4.59. The molecule has 2 aromatic rings. The number of nitrogens with one attached hydrogen (secondary N) is 3. The number of amides is 2. The molecule has 0 fully saturated rings. The molecule has 29 heavy (non-hydrogen) atoms. The van der Waals surface area contributed by atoms with E-state index in [9.17, 15) is 22.8 Å². The van der Waals surface area contributed by atoms with Gasteiger partial charge in [0.2, 0.25) is 0 Å². The van der Waals surface area contributed by atoms with Crippen molar-refractivity contribution < 1.29 is 27.7 Å². The minimum absolute atomic E-state index is 0.209. The summed E-state index contributed by atoms with van der Waals surface area (Å²) in [7, 11) is 1.59. The molecule has 0 radical (unpaired) electrons. The lowest BCUT2D eigenvalue weighted by Gasteiger charge is -2.21. The van der Waals surface area contributed by atoms with Gasteiger partial charge in [-0.15, -0.1) is 0 Å². The fourth-order valence-electron chi connectivity index (χ4n) is 2.58. The third-order valence-corrected chi connectivity index (χ3v) is 4.34. The van der Waals surface area contributed by atoms with Crippen molar-refractivity contribution in [1.82, 2.24) is 0 Å². The number of nitriles is 1. The van der Waals surface area contributed by atoms with Crippen molar-refractivity contribution in [3.05, 3.63) is 59.7 Å². The van der Waals surface area contributed by atoms with E-state index >= 15 is 0 Å². The van der Waals surface area contributed by atoms with Crippen molar-refractivity contribution in [3.63, 3.8) is 0 Å². The molecule has 1 unspecified atom stereocenters. The van der Waals surface area contributed by atoms with E-state index in [1.54, 1.807) is 32.2 Å². The first kappa shape index (κ1) is 21.9. The average Bonchev–Trinajstić information content (AvgIpc) is 2.66. The first-order valence-corrected chi connectivity index (χ1v) is 8.71. The molecule has 2 rings (SSSR count). The van der Waals surface area contributed by atoms with Crippen molar-refractivity contribution in [3.8, 4) is 6.07 Å². The minimum Gasteiger partial charge on any atom is -0.321 e. The highest BCUT2D eigenvalue weighted by Crippen LogP contribution is 2.34. The molecule has 152 valence electrons. The van der Waals surface area contributed by atoms with E-state index < -0.39 is 23.7 Å². The lowest BCUT2D eigenvalue weighted by molar-refractivity contribution is -0.885. The molecule has 9 heteroatoms. The second-order valence-corrected chi connectivity index (χ2v) is 6.52. The molecule has 2 amide bonds. The largest absolute Gasteiger partial charge is 0.418 e. The van der Waals surface area contributed by atoms with Crippen molar-refractivity contribution in [2.45, 2.75) is 19.1 Å². The van der Waals surface area contributed by atoms with Crippen LogP contribution in [0.1, 0.15) is 18.1 Å². The van der Waals surface area contributed by atoms with E-state index in [-0.39, 0.29) is 18.1 Å². The first-order chi connectivity index (χ1) is 13.6. The number of carbonyl (C=O) groups is 2. The van der Waals surface area contributed by atoms with Gasteiger partial charge in [0, 0.05) is 5.69 Å². The molecule has 0 spiro atoms. The van der Waals surface area contributed by atoms with Gasteiger partial charge < -0.3 is 15.5 Å². The lowest BCUT2D eigenvalue weighted by atomic mass is 10.1. The van der Waals surface area contributed by atoms with Crippen molar-refractivity contribution in [2.75, 3.05) is 24.2 Å². The van der Waals surface area contributed by atoms with Gasteiger partial charge in [-0.1, -0.05) is 18.2 Å². The highest BCUT2D eigenvalue weighted by atomic mass is 19.4. The van der Waals surface area contributed by atoms with Crippen LogP contribution in [0, 0.1) is 11.3 Å². The van der Waals surface area contributed by atoms with Crippen LogP contribution in [0.25, 0.3) is 0 Å². The van der Waals surface area contributed by atoms with E-state index in [1.807, 2.05) is 6.07 Å². The van der Waals surface area contributed by atoms with Crippen molar-refractivity contribution >= 4 is 23.2 Å². The highest BCUT2D eigenvalue weighted by molar-refractivity contribution is 5.95. The van der Waals surface area contributed by atoms with E-state index in [4.69, 9.17) is 5.26 Å². The van der Waals surface area contributed by atoms with E-state index in [0.717, 1.165) is 6.07 Å². The first-order valence-electron chi connectivity index (χ1n) is 8.71. The van der Waals surface area contributed by atoms with Gasteiger partial charge in [-0.2, -0.15) is 18.4 Å². The second-order valence-electron chi connectivity index (χ2n) is 6.52. The number of para-hydroxylation sites is 1. The van der Waals surface area contributed by atoms with Gasteiger partial charge >= 0.3 is 6.18 Å². The van der Waals surface area contributed by atoms with Gasteiger partial charge in [-0.3, -0.25) is 9.59 Å². The Bertz CT molecular complexity index is 938. The number of carbonyl (C=O) groups excluding carboxylic acids is 2. The van der Waals surface area contributed by atoms with Gasteiger partial charge in [0.05, 0.1) is 29.9 Å². The number of quaternary nitrogens is 1. The Balaban J connectivity index is 1.98. The van der Waals surface area contributed by atoms with Crippen LogP contribution in [0.3, 0.4) is 0 Å². The Morgan fingerprint density at radius 2 is 1.83 bits per heavy atom. The highest BCUT2D eigenvalue weighted by Gasteiger charge is 2.34. The maximum Gasteiger partial charge on any atom is 0.418 e. The van der Waals surface area contributed by atoms with Crippen LogP contribution in [0.5, 0.6) is 0 Å². The van der Waals surface area contributed by atoms with Gasteiger partial charge in [0.1, 0.15) is 0 Å². The third kappa shape index (κ3) is 6.05. The summed E-state index contributed by atoms with van der Waals surface area (Å²) < 4.78 is 39.1. The Labute approximate surface area is 165 Å². The molecular weight excluding hydrogens is 385 g/mol. The molecule has 0 aromatic heterocycles. The summed E-state index contributed by atoms with van der Waals surface area (Å²) in [5, 5.41) is 13.8. The predicted molar refractivity (Wildman–Crippen MR) is 101 cm³/mol. The van der Waals surface area contributed by atoms with Crippen LogP contribution in [0.2, 0.25) is 0 Å². The van der Waals surface area contributed by atoms with Crippen LogP contribution < -0.4 is 15.5 Å². The summed E-state index contributed by atoms with van der Waals surface area (Å²) in [5.74, 6) is -1.04. The van der Waals surface area contributed by atoms with Crippen molar-refractivity contribution in [1.29, 1.82) is 5.26 Å². The van der Waals surface area contributed by atoms with Gasteiger partial charge in [0.15, 0.2) is 12.6 Å². The number of anilines is 2. The number of hydrogen-bond donors (Lipinski definition) is 3. The molecule has 0 heterocycles. The Kier molecular flexibility index (Phi) is 6.96. The fraction of sp³-hybridized carbons (Fsp3) is 0.250. The van der Waals surface area contributed by atoms with Crippen LogP contribution in [-0.4, -0.2) is 31.4 Å². The Hall–Kier alpha value is -3.38. The SMILES string of the molecule is C[C@H](C(=O)Nc1cccc(C#N)c1)[NH+](C)CC(=O)Nc1ccccc1C(F)(F)F. The maximum atomic E-state index is 13.0. The molecule has 0 aliphatic heterocycles. The van der Waals surface area contributed by atoms with Crippen molar-refractivity contribution in [2.24, 2.45) is 0 Å². The molecule has 0 saturated carbocycles. The molecule has 2 atom stereocenters. The molecule has 2 aromatic carbocycles. The number of hydrogen-bond acceptors (Lipinski definition) is 3. The summed E-state index contributed by atoms with van der Waals surface area (Å²) in [6, 6.07) is 12.4. The third-order valence-electron chi connectivity index (χ3n) is 4.34. The molecule has 0 aliphatic carbocycles. The topological polar surface area (TPSA) is 86.4 Å². The number of rotatable bonds is 6. The Morgan fingerprint density at radius 1 is 1.14 bits per heavy atom. The summed E-state index contributed by atoms with van der Waals surface area (Å²) in [6.45, 7) is 1.38. The monoisotopic (exact) mass is 405 g/mol. The second kappa shape index (κ2) is 9.21. The zero-order valence-corrected chi connectivity index (χ0v) is 15.8. The lowest BCUT2D eigenvalue weighted by Crippen LogP contribution is -3.14. The van der Waals surface area contributed by atoms with Crippen LogP contribution in [-0.2, 0) is 15.8 Å². The fourth-order valence-corrected chi connectivity index (χ4v) is 2.58. The predicted octanol–water partition coefficient (Wildman–Crippen LogP) is 2.06. The number of alkyl halides is 3. The van der Waals surface area contributed by atoms with E-state index in [1.165, 1.54) is 24.3 Å². The Morgan fingerprint density at radius 3 is 2.48 bits per heavy atom. The van der Waals surface area contributed by atoms with Crippen LogP contribution in [0.15, 0.2) is 48.5 Å². The number of likely N-dealkylation sites (N-methyl/N-ethyl adjacent to an activating group) is 1. The molecule has 0 aliphatic rings. The zero-order valence-electron chi connectivity index (χ0n) is 15.8.